The number of hydrogen-bond acceptors (Lipinski definition) is 3. The number of carbonyl (C=O) groups excluding carboxylic acids is 1. The molecule has 1 aliphatic carbocycles. The van der Waals surface area contributed by atoms with Crippen LogP contribution < -0.4 is 10.0 Å². The van der Waals surface area contributed by atoms with E-state index in [0.29, 0.717) is 17.6 Å². The molecule has 4 atom stereocenters. The Bertz CT molecular complexity index is 1250. The minimum Gasteiger partial charge on any atom is -0.335 e. The van der Waals surface area contributed by atoms with Gasteiger partial charge in [-0.1, -0.05) is 60.7 Å². The Labute approximate surface area is 217 Å². The van der Waals surface area contributed by atoms with E-state index >= 15 is 0 Å². The third kappa shape index (κ3) is 3.89. The largest absolute Gasteiger partial charge is 0.335 e. The Hall–Kier alpha value is -2.89. The summed E-state index contributed by atoms with van der Waals surface area (Å²) in [6.07, 6.45) is 4.52. The van der Waals surface area contributed by atoms with Crippen LogP contribution in [-0.4, -0.2) is 35.6 Å². The van der Waals surface area contributed by atoms with Crippen LogP contribution in [0.25, 0.3) is 0 Å². The molecule has 3 heterocycles. The zero-order valence-corrected chi connectivity index (χ0v) is 21.2. The Kier molecular flexibility index (Phi) is 6.22. The minimum atomic E-state index is -0.322. The van der Waals surface area contributed by atoms with E-state index in [1.807, 2.05) is 12.1 Å². The van der Waals surface area contributed by atoms with E-state index in [1.54, 1.807) is 6.07 Å². The highest BCUT2D eigenvalue weighted by Crippen LogP contribution is 2.47. The highest BCUT2D eigenvalue weighted by atomic mass is 35.5. The predicted octanol–water partition coefficient (Wildman–Crippen LogP) is 4.81. The molecular weight excluding hydrogens is 470 g/mol. The first-order chi connectivity index (χ1) is 17.6. The van der Waals surface area contributed by atoms with Gasteiger partial charge in [-0.15, -0.1) is 0 Å². The molecule has 3 aliphatic rings. The maximum absolute atomic E-state index is 14.5. The summed E-state index contributed by atoms with van der Waals surface area (Å²) in [5.41, 5.74) is 4.15. The van der Waals surface area contributed by atoms with Crippen molar-refractivity contribution in [2.75, 3.05) is 19.6 Å². The molecule has 0 radical (unpaired) electrons. The molecule has 2 saturated heterocycles. The number of likely N-dealkylation sites (tertiary alicyclic amines) is 1. The molecule has 6 rings (SSSR count). The zero-order valence-electron chi connectivity index (χ0n) is 20.4. The molecule has 1 spiro atoms. The minimum absolute atomic E-state index is 0.0476. The summed E-state index contributed by atoms with van der Waals surface area (Å²) in [6, 6.07) is 25.1. The van der Waals surface area contributed by atoms with Gasteiger partial charge in [-0.05, 0) is 60.4 Å². The van der Waals surface area contributed by atoms with Crippen LogP contribution in [0.5, 0.6) is 0 Å². The normalized spacial score (nSPS) is 27.7. The van der Waals surface area contributed by atoms with Crippen molar-refractivity contribution in [2.24, 2.45) is 5.92 Å². The van der Waals surface area contributed by atoms with Crippen LogP contribution >= 0.6 is 11.6 Å². The number of pyridine rings is 1. The van der Waals surface area contributed by atoms with Crippen LogP contribution in [0.1, 0.15) is 60.0 Å². The maximum Gasteiger partial charge on any atom is 0.325 e. The molecule has 3 aromatic rings. The van der Waals surface area contributed by atoms with Crippen LogP contribution in [-0.2, 0) is 16.6 Å². The lowest BCUT2D eigenvalue weighted by molar-refractivity contribution is -0.908. The van der Waals surface area contributed by atoms with Crippen molar-refractivity contribution in [1.29, 1.82) is 0 Å². The number of hydrogen-bond donors (Lipinski definition) is 2. The van der Waals surface area contributed by atoms with Crippen molar-refractivity contribution in [3.63, 3.8) is 0 Å². The molecular formula is C30H33ClN3O2+. The number of nitrogens with zero attached hydrogens (tertiary/aromatic N) is 2. The molecule has 0 unspecified atom stereocenters. The van der Waals surface area contributed by atoms with Gasteiger partial charge in [0.1, 0.15) is 0 Å². The number of aromatic nitrogens is 1. The lowest BCUT2D eigenvalue weighted by atomic mass is 9.65. The summed E-state index contributed by atoms with van der Waals surface area (Å²) in [5, 5.41) is 14.5. The van der Waals surface area contributed by atoms with Crippen LogP contribution in [0, 0.1) is 5.92 Å². The second-order valence-electron chi connectivity index (χ2n) is 10.6. The van der Waals surface area contributed by atoms with Crippen molar-refractivity contribution in [3.05, 3.63) is 100 Å². The third-order valence-corrected chi connectivity index (χ3v) is 9.11. The van der Waals surface area contributed by atoms with Gasteiger partial charge in [-0.2, -0.15) is 0 Å². The van der Waals surface area contributed by atoms with Gasteiger partial charge in [0.25, 0.3) is 0 Å². The fourth-order valence-corrected chi connectivity index (χ4v) is 7.20. The van der Waals surface area contributed by atoms with E-state index in [1.165, 1.54) is 11.1 Å². The van der Waals surface area contributed by atoms with Gasteiger partial charge in [-0.3, -0.25) is 10.0 Å². The number of nitrogens with one attached hydrogen (secondary N) is 1. The first-order valence-corrected chi connectivity index (χ1v) is 13.5. The van der Waals surface area contributed by atoms with E-state index in [-0.39, 0.29) is 23.3 Å². The van der Waals surface area contributed by atoms with Crippen LogP contribution in [0.15, 0.2) is 72.8 Å². The number of carbonyl (C=O) groups is 1. The molecule has 2 aromatic carbocycles. The molecule has 186 valence electrons. The van der Waals surface area contributed by atoms with Crippen LogP contribution in [0.3, 0.4) is 0 Å². The number of fused-ring (bicyclic) bond motifs is 2. The number of halogens is 1. The average Bonchev–Trinajstić information content (AvgIpc) is 3.35. The second-order valence-corrected chi connectivity index (χ2v) is 11.0. The van der Waals surface area contributed by atoms with E-state index in [9.17, 15) is 10.0 Å². The zero-order chi connectivity index (χ0) is 24.7. The summed E-state index contributed by atoms with van der Waals surface area (Å²) in [6.45, 7) is 2.15. The third-order valence-electron chi connectivity index (χ3n) is 8.82. The van der Waals surface area contributed by atoms with Gasteiger partial charge in [0.15, 0.2) is 0 Å². The smallest absolute Gasteiger partial charge is 0.325 e. The lowest BCUT2D eigenvalue weighted by Gasteiger charge is -2.44. The summed E-state index contributed by atoms with van der Waals surface area (Å²) in [7, 11) is 0. The van der Waals surface area contributed by atoms with Gasteiger partial charge < -0.3 is 10.2 Å². The summed E-state index contributed by atoms with van der Waals surface area (Å²) in [5.74, 6) is 0.492. The van der Waals surface area contributed by atoms with E-state index in [2.05, 4.69) is 64.8 Å². The molecule has 36 heavy (non-hydrogen) atoms. The number of rotatable bonds is 3. The fraction of sp³-hybridized carbons (Fsp3) is 0.400. The molecule has 1 aromatic heterocycles. The van der Waals surface area contributed by atoms with Crippen LogP contribution in [0.2, 0.25) is 5.15 Å². The Balaban J connectivity index is 1.35. The summed E-state index contributed by atoms with van der Waals surface area (Å²) in [4.78, 5) is 16.6. The predicted molar refractivity (Wildman–Crippen MR) is 139 cm³/mol. The van der Waals surface area contributed by atoms with Crippen LogP contribution in [0.4, 0.5) is 0 Å². The van der Waals surface area contributed by atoms with E-state index < -0.39 is 0 Å². The first kappa shape index (κ1) is 23.5. The molecule has 2 fully saturated rings. The molecule has 2 N–H and O–H groups in total. The van der Waals surface area contributed by atoms with Crippen molar-refractivity contribution in [1.82, 2.24) is 10.2 Å². The van der Waals surface area contributed by atoms with Gasteiger partial charge in [0.05, 0.1) is 12.0 Å². The molecule has 2 aliphatic heterocycles. The maximum atomic E-state index is 14.5. The van der Waals surface area contributed by atoms with Crippen molar-refractivity contribution >= 4 is 17.5 Å². The summed E-state index contributed by atoms with van der Waals surface area (Å²) >= 11 is 6.23. The average molecular weight is 503 g/mol. The van der Waals surface area contributed by atoms with Crippen molar-refractivity contribution < 1.29 is 14.7 Å². The van der Waals surface area contributed by atoms with E-state index in [4.69, 9.17) is 11.6 Å². The van der Waals surface area contributed by atoms with E-state index in [0.717, 1.165) is 61.2 Å². The Morgan fingerprint density at radius 3 is 2.50 bits per heavy atom. The SMILES string of the molecule is O=C([C@@H]1CNC[C@]12CCCc1c2ccc(Cl)[n+]1O)N1CC[C@H](c2ccccc2)C[C@@H]1c1ccccc1. The molecule has 1 amide bonds. The van der Waals surface area contributed by atoms with Gasteiger partial charge in [0, 0.05) is 47.8 Å². The first-order valence-electron chi connectivity index (χ1n) is 13.1. The number of amides is 1. The monoisotopic (exact) mass is 502 g/mol. The Morgan fingerprint density at radius 1 is 1.03 bits per heavy atom. The molecule has 6 heteroatoms. The van der Waals surface area contributed by atoms with Crippen molar-refractivity contribution in [2.45, 2.75) is 49.5 Å². The standard InChI is InChI=1S/C30H33ClN3O2/c31-28-14-13-24-26(34(28)36)12-7-16-30(24)20-32-19-25(30)29(35)33-17-15-23(21-8-3-1-4-9-21)18-27(33)22-10-5-2-6-11-22/h1-6,8-11,13-14,23,25,27,32,36H,7,12,15-20H2/q+1/t23-,25-,27+,30-/m0/s1. The number of piperidine rings is 1. The number of benzene rings is 2. The molecule has 5 nitrogen and oxygen atoms in total. The van der Waals surface area contributed by atoms with Gasteiger partial charge in [0.2, 0.25) is 11.6 Å². The quantitative estimate of drug-likeness (QED) is 0.307. The van der Waals surface area contributed by atoms with Gasteiger partial charge >= 0.3 is 5.15 Å². The van der Waals surface area contributed by atoms with Crippen molar-refractivity contribution in [3.8, 4) is 0 Å². The summed E-state index contributed by atoms with van der Waals surface area (Å²) < 4.78 is 1.12. The molecule has 0 bridgehead atoms. The highest BCUT2D eigenvalue weighted by Gasteiger charge is 2.54. The topological polar surface area (TPSA) is 56.5 Å². The lowest BCUT2D eigenvalue weighted by Crippen LogP contribution is -2.52. The second kappa shape index (κ2) is 9.53. The van der Waals surface area contributed by atoms with Gasteiger partial charge in [-0.25, -0.2) is 0 Å². The highest BCUT2D eigenvalue weighted by molar-refractivity contribution is 6.28. The fourth-order valence-electron chi connectivity index (χ4n) is 7.04. The Morgan fingerprint density at radius 2 is 1.75 bits per heavy atom. The molecule has 0 saturated carbocycles.